The Balaban J connectivity index is 1.09. The number of benzene rings is 7. The van der Waals surface area contributed by atoms with E-state index in [1.54, 1.807) is 0 Å². The summed E-state index contributed by atoms with van der Waals surface area (Å²) >= 11 is 0. The molecule has 0 unspecified atom stereocenters. The third-order valence-electron chi connectivity index (χ3n) is 9.76. The highest BCUT2D eigenvalue weighted by Gasteiger charge is 2.19. The molecule has 0 aliphatic rings. The number of hydrogen-bond donors (Lipinski definition) is 0. The van der Waals surface area contributed by atoms with Gasteiger partial charge in [-0.05, 0) is 64.7 Å². The second kappa shape index (κ2) is 12.3. The lowest BCUT2D eigenvalue weighted by Gasteiger charge is -2.10. The average Bonchev–Trinajstić information content (AvgIpc) is 3.76. The summed E-state index contributed by atoms with van der Waals surface area (Å²) in [6, 6.07) is 65.5. The van der Waals surface area contributed by atoms with Gasteiger partial charge >= 0.3 is 0 Å². The minimum Gasteiger partial charge on any atom is -0.278 e. The van der Waals surface area contributed by atoms with Gasteiger partial charge in [0.1, 0.15) is 0 Å². The van der Waals surface area contributed by atoms with Crippen molar-refractivity contribution in [3.05, 3.63) is 188 Å². The van der Waals surface area contributed by atoms with Crippen LogP contribution in [0.25, 0.3) is 89.7 Å². The van der Waals surface area contributed by atoms with Gasteiger partial charge in [-0.3, -0.25) is 8.97 Å². The Morgan fingerprint density at radius 3 is 1.42 bits per heavy atom. The van der Waals surface area contributed by atoms with Crippen LogP contribution in [0.5, 0.6) is 0 Å². The van der Waals surface area contributed by atoms with Gasteiger partial charge in [0.05, 0.1) is 33.5 Å². The van der Waals surface area contributed by atoms with Crippen molar-refractivity contribution in [2.45, 2.75) is 0 Å². The van der Waals surface area contributed by atoms with Gasteiger partial charge in [-0.25, -0.2) is 15.0 Å². The van der Waals surface area contributed by atoms with Crippen LogP contribution < -0.4 is 0 Å². The number of rotatable bonds is 6. The first-order valence-corrected chi connectivity index (χ1v) is 17.5. The smallest absolute Gasteiger partial charge is 0.220 e. The Morgan fingerprint density at radius 2 is 0.808 bits per heavy atom. The first-order chi connectivity index (χ1) is 25.8. The molecule has 5 nitrogen and oxygen atoms in total. The van der Waals surface area contributed by atoms with Crippen LogP contribution in [-0.4, -0.2) is 23.9 Å². The van der Waals surface area contributed by atoms with Gasteiger partial charge in [-0.15, -0.1) is 0 Å². The maximum absolute atomic E-state index is 5.20. The number of imidazole rings is 2. The van der Waals surface area contributed by atoms with Crippen LogP contribution in [0.1, 0.15) is 0 Å². The van der Waals surface area contributed by atoms with E-state index in [4.69, 9.17) is 15.0 Å². The number of aromatic nitrogens is 5. The van der Waals surface area contributed by atoms with Gasteiger partial charge in [0.15, 0.2) is 5.82 Å². The molecule has 0 N–H and O–H groups in total. The van der Waals surface area contributed by atoms with Crippen molar-refractivity contribution in [1.82, 2.24) is 23.9 Å². The Morgan fingerprint density at radius 1 is 0.327 bits per heavy atom. The zero-order valence-corrected chi connectivity index (χ0v) is 28.1. The van der Waals surface area contributed by atoms with E-state index in [0.717, 1.165) is 72.7 Å². The summed E-state index contributed by atoms with van der Waals surface area (Å²) in [5.41, 5.74) is 14.8. The monoisotopic (exact) mass is 665 g/mol. The molecule has 10 aromatic rings. The largest absolute Gasteiger partial charge is 0.278 e. The Hall–Kier alpha value is -7.11. The Kier molecular flexibility index (Phi) is 7.07. The molecule has 0 saturated heterocycles. The van der Waals surface area contributed by atoms with E-state index >= 15 is 0 Å². The molecular weight excluding hydrogens is 635 g/mol. The first kappa shape index (κ1) is 29.8. The lowest BCUT2D eigenvalue weighted by atomic mass is 10.0. The molecule has 3 heterocycles. The fourth-order valence-electron chi connectivity index (χ4n) is 7.17. The number of nitrogens with zero attached hydrogens (tertiary/aromatic N) is 5. The highest BCUT2D eigenvalue weighted by Crippen LogP contribution is 2.35. The second-order valence-electron chi connectivity index (χ2n) is 13.0. The maximum Gasteiger partial charge on any atom is 0.220 e. The molecule has 0 fully saturated rings. The molecular formula is C47H31N5. The summed E-state index contributed by atoms with van der Waals surface area (Å²) in [5, 5.41) is 0. The predicted molar refractivity (Wildman–Crippen MR) is 212 cm³/mol. The lowest BCUT2D eigenvalue weighted by Crippen LogP contribution is -1.95. The summed E-state index contributed by atoms with van der Waals surface area (Å²) in [6.45, 7) is 0. The van der Waals surface area contributed by atoms with E-state index in [0.29, 0.717) is 5.82 Å². The minimum absolute atomic E-state index is 0.697. The number of hydrogen-bond acceptors (Lipinski definition) is 3. The molecule has 0 spiro atoms. The van der Waals surface area contributed by atoms with E-state index in [9.17, 15) is 0 Å². The molecule has 10 rings (SSSR count). The molecule has 52 heavy (non-hydrogen) atoms. The van der Waals surface area contributed by atoms with Crippen molar-refractivity contribution < 1.29 is 0 Å². The van der Waals surface area contributed by atoms with Crippen molar-refractivity contribution in [3.63, 3.8) is 0 Å². The van der Waals surface area contributed by atoms with Crippen molar-refractivity contribution >= 4 is 27.8 Å². The summed E-state index contributed by atoms with van der Waals surface area (Å²) in [5.74, 6) is 1.58. The van der Waals surface area contributed by atoms with Crippen molar-refractivity contribution in [2.24, 2.45) is 0 Å². The highest BCUT2D eigenvalue weighted by molar-refractivity contribution is 5.95. The SMILES string of the molecule is c1ccc(-c2ccc3c(c2)n2c4cc(-c5ccc(-c6nc(-c7ccccc7)cc(-c7ccccc7)n6)cc5)ccc4nc2n3-c2ccccc2)cc1. The number of para-hydroxylation sites is 1. The normalized spacial score (nSPS) is 11.5. The van der Waals surface area contributed by atoms with Crippen LogP contribution in [-0.2, 0) is 0 Å². The molecule has 0 atom stereocenters. The van der Waals surface area contributed by atoms with E-state index < -0.39 is 0 Å². The van der Waals surface area contributed by atoms with Crippen molar-refractivity contribution in [2.75, 3.05) is 0 Å². The Labute approximate surface area is 300 Å². The molecule has 5 heteroatoms. The zero-order chi connectivity index (χ0) is 34.4. The molecule has 0 bridgehead atoms. The molecule has 3 aromatic heterocycles. The number of fused-ring (bicyclic) bond motifs is 5. The van der Waals surface area contributed by atoms with Crippen LogP contribution in [0.4, 0.5) is 0 Å². The maximum atomic E-state index is 5.20. The topological polar surface area (TPSA) is 48.0 Å². The van der Waals surface area contributed by atoms with Gasteiger partial charge in [0.25, 0.3) is 0 Å². The van der Waals surface area contributed by atoms with Gasteiger partial charge in [-0.2, -0.15) is 0 Å². The fraction of sp³-hybridized carbons (Fsp3) is 0. The van der Waals surface area contributed by atoms with Crippen molar-refractivity contribution in [3.8, 4) is 61.8 Å². The molecule has 0 amide bonds. The highest BCUT2D eigenvalue weighted by atomic mass is 15.2. The molecule has 0 radical (unpaired) electrons. The minimum atomic E-state index is 0.697. The summed E-state index contributed by atoms with van der Waals surface area (Å²) in [7, 11) is 0. The second-order valence-corrected chi connectivity index (χ2v) is 13.0. The standard InChI is InChI=1S/C47H31N5/c1-5-13-32(14-6-1)38-26-28-43-45(30-38)52-44-29-37(25-27-40(44)50-47(52)51(43)39-19-11-4-12-20-39)33-21-23-36(24-22-33)46-48-41(34-15-7-2-8-16-34)31-42(49-46)35-17-9-3-10-18-35/h1-31H. The van der Waals surface area contributed by atoms with Crippen LogP contribution in [0, 0.1) is 0 Å². The third-order valence-corrected chi connectivity index (χ3v) is 9.76. The summed E-state index contributed by atoms with van der Waals surface area (Å²) in [4.78, 5) is 15.3. The van der Waals surface area contributed by atoms with Gasteiger partial charge < -0.3 is 0 Å². The summed E-state index contributed by atoms with van der Waals surface area (Å²) < 4.78 is 4.56. The molecule has 0 aliphatic heterocycles. The van der Waals surface area contributed by atoms with Gasteiger partial charge in [0.2, 0.25) is 5.78 Å². The van der Waals surface area contributed by atoms with Crippen molar-refractivity contribution in [1.29, 1.82) is 0 Å². The van der Waals surface area contributed by atoms with E-state index in [2.05, 4.69) is 155 Å². The van der Waals surface area contributed by atoms with Crippen LogP contribution >= 0.6 is 0 Å². The lowest BCUT2D eigenvalue weighted by molar-refractivity contribution is 1.11. The average molecular weight is 666 g/mol. The molecule has 0 saturated carbocycles. The van der Waals surface area contributed by atoms with E-state index in [1.807, 2.05) is 42.5 Å². The summed E-state index contributed by atoms with van der Waals surface area (Å²) in [6.07, 6.45) is 0. The van der Waals surface area contributed by atoms with Gasteiger partial charge in [-0.1, -0.05) is 146 Å². The van der Waals surface area contributed by atoms with Crippen LogP contribution in [0.3, 0.4) is 0 Å². The third kappa shape index (κ3) is 5.15. The molecule has 7 aromatic carbocycles. The van der Waals surface area contributed by atoms with E-state index in [1.165, 1.54) is 11.1 Å². The predicted octanol–water partition coefficient (Wildman–Crippen LogP) is 11.6. The first-order valence-electron chi connectivity index (χ1n) is 17.5. The van der Waals surface area contributed by atoms with Crippen LogP contribution in [0.15, 0.2) is 188 Å². The fourth-order valence-corrected chi connectivity index (χ4v) is 7.17. The zero-order valence-electron chi connectivity index (χ0n) is 28.1. The van der Waals surface area contributed by atoms with Crippen LogP contribution in [0.2, 0.25) is 0 Å². The van der Waals surface area contributed by atoms with E-state index in [-0.39, 0.29) is 0 Å². The van der Waals surface area contributed by atoms with Gasteiger partial charge in [0, 0.05) is 22.4 Å². The molecule has 0 aliphatic carbocycles. The quantitative estimate of drug-likeness (QED) is 0.178. The molecule has 244 valence electrons. The Bertz CT molecular complexity index is 2800.